The average Bonchev–Trinajstić information content (AvgIpc) is 3.35. The fourth-order valence-electron chi connectivity index (χ4n) is 8.72. The first kappa shape index (κ1) is 67.0. The van der Waals surface area contributed by atoms with Crippen LogP contribution in [0.25, 0.3) is 0 Å². The number of ether oxygens (including phenoxy) is 1. The van der Waals surface area contributed by atoms with Gasteiger partial charge in [0.2, 0.25) is 5.91 Å². The maximum atomic E-state index is 13.3. The summed E-state index contributed by atoms with van der Waals surface area (Å²) in [4.78, 5) is 26.3. The molecule has 0 heterocycles. The lowest BCUT2D eigenvalue weighted by molar-refractivity contribution is -0.151. The van der Waals surface area contributed by atoms with Crippen molar-refractivity contribution in [1.29, 1.82) is 0 Å². The molecule has 3 atom stereocenters. The summed E-state index contributed by atoms with van der Waals surface area (Å²) >= 11 is 0. The smallest absolute Gasteiger partial charge is 0.306 e. The molecule has 0 aromatic rings. The third-order valence-corrected chi connectivity index (χ3v) is 13.2. The first-order chi connectivity index (χ1) is 34.5. The molecule has 0 saturated carbocycles. The fourth-order valence-corrected chi connectivity index (χ4v) is 8.72. The molecular weight excluding hydrogens is 863 g/mol. The van der Waals surface area contributed by atoms with Crippen molar-refractivity contribution in [2.24, 2.45) is 0 Å². The summed E-state index contributed by atoms with van der Waals surface area (Å²) in [5, 5.41) is 23.9. The number of hydrogen-bond donors (Lipinski definition) is 3. The van der Waals surface area contributed by atoms with Crippen LogP contribution in [0.4, 0.5) is 0 Å². The molecular formula is C64H113NO5. The van der Waals surface area contributed by atoms with E-state index in [0.29, 0.717) is 19.3 Å². The van der Waals surface area contributed by atoms with E-state index in [1.54, 1.807) is 0 Å². The van der Waals surface area contributed by atoms with Gasteiger partial charge in [0, 0.05) is 6.42 Å². The Kier molecular flexibility index (Phi) is 54.5. The van der Waals surface area contributed by atoms with Gasteiger partial charge in [0.15, 0.2) is 0 Å². The van der Waals surface area contributed by atoms with E-state index in [4.69, 9.17) is 4.74 Å². The monoisotopic (exact) mass is 976 g/mol. The molecule has 6 nitrogen and oxygen atoms in total. The third-order valence-electron chi connectivity index (χ3n) is 13.2. The second-order valence-electron chi connectivity index (χ2n) is 20.0. The number of aliphatic hydroxyl groups excluding tert-OH is 2. The lowest BCUT2D eigenvalue weighted by atomic mass is 10.0. The number of aliphatic hydroxyl groups is 2. The molecule has 0 aromatic heterocycles. The lowest BCUT2D eigenvalue weighted by Gasteiger charge is -2.24. The van der Waals surface area contributed by atoms with Crippen molar-refractivity contribution >= 4 is 11.9 Å². The van der Waals surface area contributed by atoms with Crippen LogP contribution >= 0.6 is 0 Å². The van der Waals surface area contributed by atoms with Gasteiger partial charge in [0.1, 0.15) is 6.10 Å². The van der Waals surface area contributed by atoms with Gasteiger partial charge in [-0.05, 0) is 103 Å². The number of allylic oxidation sites excluding steroid dienone is 14. The third kappa shape index (κ3) is 51.4. The second kappa shape index (κ2) is 56.9. The van der Waals surface area contributed by atoms with Gasteiger partial charge in [-0.2, -0.15) is 0 Å². The van der Waals surface area contributed by atoms with Gasteiger partial charge in [0.25, 0.3) is 0 Å². The van der Waals surface area contributed by atoms with Crippen molar-refractivity contribution in [2.75, 3.05) is 6.61 Å². The Morgan fingerprint density at radius 1 is 0.429 bits per heavy atom. The summed E-state index contributed by atoms with van der Waals surface area (Å²) in [5.41, 5.74) is 0. The van der Waals surface area contributed by atoms with Gasteiger partial charge in [-0.15, -0.1) is 0 Å². The van der Waals surface area contributed by atoms with E-state index >= 15 is 0 Å². The van der Waals surface area contributed by atoms with Gasteiger partial charge in [-0.3, -0.25) is 9.59 Å². The maximum Gasteiger partial charge on any atom is 0.306 e. The van der Waals surface area contributed by atoms with Crippen LogP contribution < -0.4 is 5.32 Å². The summed E-state index contributed by atoms with van der Waals surface area (Å²) in [6.45, 7) is 6.36. The lowest BCUT2D eigenvalue weighted by Crippen LogP contribution is -2.46. The molecule has 1 amide bonds. The number of unbranched alkanes of at least 4 members (excludes halogenated alkanes) is 27. The Morgan fingerprint density at radius 2 is 0.771 bits per heavy atom. The van der Waals surface area contributed by atoms with Crippen LogP contribution in [0, 0.1) is 0 Å². The van der Waals surface area contributed by atoms with Crippen LogP contribution in [0.1, 0.15) is 284 Å². The standard InChI is InChI=1S/C64H113NO5/c1-4-7-10-13-16-19-22-25-28-30-31-33-36-39-42-45-48-51-54-57-64(69)70-60(55-52-49-46-43-40-37-35-32-29-26-23-20-17-14-11-8-5-2)58-63(68)65-61(59-66)62(67)56-53-50-47-44-41-38-34-27-24-21-18-15-12-9-6-3/h7,10,16-17,19-20,25-26,28-29,31,33,39,42,60-62,66-67H,4-6,8-9,11-15,18,21-24,27,30,32,34-38,40-41,43-59H2,1-3H3,(H,65,68)/b10-7-,19-16-,20-17-,28-25-,29-26-,33-31-,42-39-. The number of carbonyl (C=O) groups is 2. The van der Waals surface area contributed by atoms with E-state index in [1.165, 1.54) is 128 Å². The van der Waals surface area contributed by atoms with E-state index in [-0.39, 0.29) is 24.9 Å². The Bertz CT molecular complexity index is 1330. The van der Waals surface area contributed by atoms with Crippen LogP contribution in [0.2, 0.25) is 0 Å². The quantitative estimate of drug-likeness (QED) is 0.0321. The topological polar surface area (TPSA) is 95.9 Å². The average molecular weight is 977 g/mol. The molecule has 0 aliphatic carbocycles. The number of amides is 1. The van der Waals surface area contributed by atoms with Crippen molar-refractivity contribution in [3.05, 3.63) is 85.1 Å². The summed E-state index contributed by atoms with van der Waals surface area (Å²) in [7, 11) is 0. The highest BCUT2D eigenvalue weighted by Crippen LogP contribution is 2.18. The first-order valence-corrected chi connectivity index (χ1v) is 29.8. The zero-order chi connectivity index (χ0) is 50.9. The number of carbonyl (C=O) groups excluding carboxylic acids is 2. The molecule has 0 aliphatic rings. The molecule has 0 fully saturated rings. The molecule has 70 heavy (non-hydrogen) atoms. The minimum Gasteiger partial charge on any atom is -0.462 e. The molecule has 0 bridgehead atoms. The van der Waals surface area contributed by atoms with Gasteiger partial charge in [0.05, 0.1) is 25.2 Å². The zero-order valence-electron chi connectivity index (χ0n) is 46.1. The number of rotatable bonds is 53. The van der Waals surface area contributed by atoms with Crippen molar-refractivity contribution in [1.82, 2.24) is 5.32 Å². The number of hydrogen-bond acceptors (Lipinski definition) is 5. The molecule has 0 aliphatic heterocycles. The second-order valence-corrected chi connectivity index (χ2v) is 20.0. The van der Waals surface area contributed by atoms with E-state index in [0.717, 1.165) is 109 Å². The van der Waals surface area contributed by atoms with Gasteiger partial charge >= 0.3 is 5.97 Å². The van der Waals surface area contributed by atoms with Crippen molar-refractivity contribution in [2.45, 2.75) is 302 Å². The summed E-state index contributed by atoms with van der Waals surface area (Å²) < 4.78 is 5.96. The zero-order valence-corrected chi connectivity index (χ0v) is 46.1. The summed E-state index contributed by atoms with van der Waals surface area (Å²) in [6, 6.07) is -0.717. The predicted octanol–water partition coefficient (Wildman–Crippen LogP) is 18.7. The van der Waals surface area contributed by atoms with E-state index < -0.39 is 18.2 Å². The van der Waals surface area contributed by atoms with Crippen LogP contribution in [-0.4, -0.2) is 46.9 Å². The highest BCUT2D eigenvalue weighted by Gasteiger charge is 2.24. The predicted molar refractivity (Wildman–Crippen MR) is 305 cm³/mol. The van der Waals surface area contributed by atoms with Crippen LogP contribution in [0.15, 0.2) is 85.1 Å². The molecule has 6 heteroatoms. The minimum absolute atomic E-state index is 0.0557. The molecule has 0 rings (SSSR count). The summed E-state index contributed by atoms with van der Waals surface area (Å²) in [6.07, 6.45) is 75.0. The Labute approximate surface area is 433 Å². The minimum atomic E-state index is -0.801. The van der Waals surface area contributed by atoms with Gasteiger partial charge < -0.3 is 20.3 Å². The Hall–Kier alpha value is -2.96. The van der Waals surface area contributed by atoms with Crippen LogP contribution in [0.3, 0.4) is 0 Å². The molecule has 3 unspecified atom stereocenters. The SMILES string of the molecule is CC/C=C\C/C=C\C/C=C\C/C=C\C/C=C\CCCCCC(=O)OC(CCCCCCCCC/C=C\C/C=C\CCCCC)CC(=O)NC(CO)C(O)CCCCCCCCCCCCCCCCC. The van der Waals surface area contributed by atoms with Crippen molar-refractivity contribution < 1.29 is 24.5 Å². The molecule has 404 valence electrons. The normalized spacial score (nSPS) is 13.7. The highest BCUT2D eigenvalue weighted by molar-refractivity contribution is 5.77. The first-order valence-electron chi connectivity index (χ1n) is 29.8. The molecule has 0 saturated heterocycles. The van der Waals surface area contributed by atoms with E-state index in [2.05, 4.69) is 111 Å². The van der Waals surface area contributed by atoms with Gasteiger partial charge in [-0.25, -0.2) is 0 Å². The Balaban J connectivity index is 4.65. The molecule has 0 aromatic carbocycles. The van der Waals surface area contributed by atoms with Crippen LogP contribution in [0.5, 0.6) is 0 Å². The van der Waals surface area contributed by atoms with Crippen LogP contribution in [-0.2, 0) is 14.3 Å². The highest BCUT2D eigenvalue weighted by atomic mass is 16.5. The maximum absolute atomic E-state index is 13.3. The molecule has 3 N–H and O–H groups in total. The van der Waals surface area contributed by atoms with Crippen molar-refractivity contribution in [3.63, 3.8) is 0 Å². The number of esters is 1. The van der Waals surface area contributed by atoms with E-state index in [1.807, 2.05) is 0 Å². The summed E-state index contributed by atoms with van der Waals surface area (Å²) in [5.74, 6) is -0.516. The molecule has 0 radical (unpaired) electrons. The van der Waals surface area contributed by atoms with E-state index in [9.17, 15) is 19.8 Å². The largest absolute Gasteiger partial charge is 0.462 e. The fraction of sp³-hybridized carbons (Fsp3) is 0.750. The molecule has 0 spiro atoms. The van der Waals surface area contributed by atoms with Gasteiger partial charge in [-0.1, -0.05) is 254 Å². The number of nitrogens with one attached hydrogen (secondary N) is 1. The van der Waals surface area contributed by atoms with Crippen molar-refractivity contribution in [3.8, 4) is 0 Å². The Morgan fingerprint density at radius 3 is 1.20 bits per heavy atom.